The molecule has 0 bridgehead atoms. The van der Waals surface area contributed by atoms with Gasteiger partial charge in [0.15, 0.2) is 0 Å². The van der Waals surface area contributed by atoms with E-state index in [1.54, 1.807) is 0 Å². The standard InChI is InChI=1S/C6H7O7.Al.Ce.K.O.Zr.H/c7-3(8)1-6(13,5(11)12)2-4(9)10;;;;;;/h1-2H2,(H,7,8)(H,9,10)(H,11,12);;;;;;/q-1;+1;;+1;;;-1. The Labute approximate surface area is 205 Å². The van der Waals surface area contributed by atoms with Crippen LogP contribution in [-0.2, 0) is 48.2 Å². The number of carbonyl (C=O) groups is 3. The maximum absolute atomic E-state index is 10.7. The quantitative estimate of drug-likeness (QED) is 0.297. The molecule has 0 aromatic heterocycles. The number of hydrogen-bond donors (Lipinski definition) is 3. The van der Waals surface area contributed by atoms with Gasteiger partial charge in [-0.05, 0) is 0 Å². The van der Waals surface area contributed by atoms with E-state index in [1.165, 1.54) is 0 Å². The molecular weight excluding hydrogens is 497 g/mol. The summed E-state index contributed by atoms with van der Waals surface area (Å²) in [6, 6.07) is 0. The van der Waals surface area contributed by atoms with Gasteiger partial charge in [-0.1, -0.05) is 0 Å². The summed E-state index contributed by atoms with van der Waals surface area (Å²) >= 11 is -2.02. The molecule has 0 aliphatic rings. The van der Waals surface area contributed by atoms with Crippen molar-refractivity contribution in [2.24, 2.45) is 0 Å². The summed E-state index contributed by atoms with van der Waals surface area (Å²) in [6.45, 7) is 0. The van der Waals surface area contributed by atoms with Crippen molar-refractivity contribution >= 4 is 33.4 Å². The molecule has 0 amide bonds. The number of carboxylic acid groups (broad SMARTS) is 3. The average Bonchev–Trinajstić information content (AvgIpc) is 2.01. The summed E-state index contributed by atoms with van der Waals surface area (Å²) in [4.78, 5) is 31.4. The molecule has 0 fully saturated rings. The van der Waals surface area contributed by atoms with E-state index in [-0.39, 0.29) is 121 Å². The van der Waals surface area contributed by atoms with Crippen LogP contribution in [0.3, 0.4) is 0 Å². The maximum atomic E-state index is 10.7. The molecule has 0 saturated carbocycles. The Kier molecular flexibility index (Phi) is 22.8. The Morgan fingerprint density at radius 3 is 1.61 bits per heavy atom. The number of hydrogen-bond acceptors (Lipinski definition) is 5. The van der Waals surface area contributed by atoms with Crippen molar-refractivity contribution < 1.29 is 158 Å². The summed E-state index contributed by atoms with van der Waals surface area (Å²) in [5.74, 6) is -4.87. The van der Waals surface area contributed by atoms with Crippen molar-refractivity contribution in [2.75, 3.05) is 0 Å². The van der Waals surface area contributed by atoms with Crippen LogP contribution in [0.25, 0.3) is 0 Å². The van der Waals surface area contributed by atoms with Crippen LogP contribution >= 0.6 is 0 Å². The van der Waals surface area contributed by atoms with E-state index in [0.717, 1.165) is 0 Å². The third-order valence-corrected chi connectivity index (χ3v) is 2.08. The predicted octanol–water partition coefficient (Wildman–Crippen LogP) is -4.15. The van der Waals surface area contributed by atoms with Crippen molar-refractivity contribution in [3.63, 3.8) is 0 Å². The van der Waals surface area contributed by atoms with Crippen LogP contribution in [0.2, 0.25) is 0 Å². The molecule has 0 aromatic carbocycles. The van der Waals surface area contributed by atoms with E-state index in [2.05, 4.69) is 3.79 Å². The maximum Gasteiger partial charge on any atom is 0 e. The van der Waals surface area contributed by atoms with E-state index < -0.39 is 51.8 Å². The normalized spacial score (nSPS) is 8.44. The molecule has 0 aliphatic carbocycles. The van der Waals surface area contributed by atoms with Gasteiger partial charge < -0.3 is 1.43 Å². The van der Waals surface area contributed by atoms with Crippen molar-refractivity contribution in [1.29, 1.82) is 0 Å². The fraction of sp³-hybridized carbons (Fsp3) is 0.500. The van der Waals surface area contributed by atoms with Crippen LogP contribution in [-0.4, -0.2) is 54.3 Å². The zero-order valence-electron chi connectivity index (χ0n) is 10.4. The Balaban J connectivity index is -0.000000163. The Morgan fingerprint density at radius 1 is 1.11 bits per heavy atom. The van der Waals surface area contributed by atoms with Gasteiger partial charge >= 0.3 is 141 Å². The van der Waals surface area contributed by atoms with E-state index >= 15 is 0 Å². The molecule has 0 spiro atoms. The number of carboxylic acids is 3. The molecule has 18 heavy (non-hydrogen) atoms. The summed E-state index contributed by atoms with van der Waals surface area (Å²) < 4.78 is 14.5. The van der Waals surface area contributed by atoms with Crippen LogP contribution in [0.15, 0.2) is 0 Å². The smallest absolute Gasteiger partial charge is 0 e. The van der Waals surface area contributed by atoms with Gasteiger partial charge in [0.1, 0.15) is 0 Å². The number of aliphatic carboxylic acids is 3. The SMILES string of the molecule is [Ce].[H-].[K+].[O]=[Al][O]C(CC(=O)O)(CC(=O)O)C(=O)O.[Zr]. The molecule has 0 rings (SSSR count). The topological polar surface area (TPSA) is 138 Å². The molecule has 3 N–H and O–H groups in total. The minimum absolute atomic E-state index is 0. The molecule has 92 valence electrons. The monoisotopic (exact) mass is 504 g/mol. The van der Waals surface area contributed by atoms with Crippen molar-refractivity contribution in [3.05, 3.63) is 0 Å². The van der Waals surface area contributed by atoms with Gasteiger partial charge in [0.2, 0.25) is 0 Å². The van der Waals surface area contributed by atoms with Crippen LogP contribution < -0.4 is 51.4 Å². The first-order chi connectivity index (χ1) is 6.84. The van der Waals surface area contributed by atoms with E-state index in [9.17, 15) is 18.2 Å². The van der Waals surface area contributed by atoms with Gasteiger partial charge in [-0.2, -0.15) is 0 Å². The second kappa shape index (κ2) is 14.4. The van der Waals surface area contributed by atoms with Crippen LogP contribution in [0.1, 0.15) is 14.3 Å². The second-order valence-corrected chi connectivity index (χ2v) is 3.08. The minimum Gasteiger partial charge on any atom is 0 e. The molecular formula is C6H8AlCeKO8Zr. The summed E-state index contributed by atoms with van der Waals surface area (Å²) in [5, 5.41) is 25.5. The first-order valence-corrected chi connectivity index (χ1v) is 4.57. The second-order valence-electron chi connectivity index (χ2n) is 2.65. The van der Waals surface area contributed by atoms with E-state index in [4.69, 9.17) is 15.3 Å². The zero-order valence-corrected chi connectivity index (χ0v) is 19.3. The zero-order chi connectivity index (χ0) is 12.1. The minimum atomic E-state index is -2.46. The molecule has 0 atom stereocenters. The van der Waals surface area contributed by atoms with Crippen molar-refractivity contribution in [3.8, 4) is 0 Å². The molecule has 0 aromatic rings. The van der Waals surface area contributed by atoms with E-state index in [1.807, 2.05) is 0 Å². The van der Waals surface area contributed by atoms with Crippen molar-refractivity contribution in [1.82, 2.24) is 0 Å². The molecule has 0 heterocycles. The van der Waals surface area contributed by atoms with E-state index in [0.29, 0.717) is 0 Å². The third kappa shape index (κ3) is 11.1. The van der Waals surface area contributed by atoms with Gasteiger partial charge in [0.05, 0.1) is 0 Å². The van der Waals surface area contributed by atoms with Gasteiger partial charge in [0, 0.05) is 68.0 Å². The third-order valence-electron chi connectivity index (χ3n) is 1.54. The van der Waals surface area contributed by atoms with Gasteiger partial charge in [-0.3, -0.25) is 0 Å². The fourth-order valence-electron chi connectivity index (χ4n) is 0.928. The van der Waals surface area contributed by atoms with Crippen LogP contribution in [0.5, 0.6) is 0 Å². The average molecular weight is 506 g/mol. The summed E-state index contributed by atoms with van der Waals surface area (Å²) in [7, 11) is 0. The molecule has 0 saturated heterocycles. The Hall–Kier alpha value is 2.44. The van der Waals surface area contributed by atoms with Gasteiger partial charge in [-0.15, -0.1) is 0 Å². The van der Waals surface area contributed by atoms with Crippen LogP contribution in [0, 0.1) is 41.7 Å². The molecule has 0 unspecified atom stereocenters. The first kappa shape index (κ1) is 28.6. The summed E-state index contributed by atoms with van der Waals surface area (Å²) in [6.07, 6.45) is -2.13. The fourth-order valence-corrected chi connectivity index (χ4v) is 1.38. The Bertz CT molecular complexity index is 304. The molecule has 8 nitrogen and oxygen atoms in total. The van der Waals surface area contributed by atoms with Gasteiger partial charge in [-0.25, -0.2) is 0 Å². The molecule has 0 aliphatic heterocycles. The Morgan fingerprint density at radius 2 is 1.44 bits per heavy atom. The predicted molar refractivity (Wildman–Crippen MR) is 43.5 cm³/mol. The first-order valence-electron chi connectivity index (χ1n) is 3.62. The van der Waals surface area contributed by atoms with Crippen LogP contribution in [0.4, 0.5) is 0 Å². The largest absolute Gasteiger partial charge is 0 e. The number of rotatable bonds is 7. The molecule has 12 heteroatoms. The summed E-state index contributed by atoms with van der Waals surface area (Å²) in [5.41, 5.74) is -2.46. The molecule has 0 radical (unpaired) electrons. The van der Waals surface area contributed by atoms with Gasteiger partial charge in [0.25, 0.3) is 0 Å². The van der Waals surface area contributed by atoms with Crippen molar-refractivity contribution in [2.45, 2.75) is 18.4 Å².